The van der Waals surface area contributed by atoms with E-state index in [1.165, 1.54) is 6.21 Å². The summed E-state index contributed by atoms with van der Waals surface area (Å²) in [5.41, 5.74) is 5.27. The zero-order chi connectivity index (χ0) is 25.8. The fourth-order valence-electron chi connectivity index (χ4n) is 3.64. The summed E-state index contributed by atoms with van der Waals surface area (Å²) in [4.78, 5) is 27.5. The van der Waals surface area contributed by atoms with E-state index >= 15 is 0 Å². The van der Waals surface area contributed by atoms with Crippen LogP contribution in [-0.4, -0.2) is 50.9 Å². The highest BCUT2D eigenvalue weighted by Crippen LogP contribution is 2.24. The molecule has 0 saturated heterocycles. The fraction of sp³-hybridized carbons (Fsp3) is 0.444. The van der Waals surface area contributed by atoms with Gasteiger partial charge in [-0.05, 0) is 56.9 Å². The molecule has 0 aliphatic carbocycles. The molecule has 2 aromatic rings. The number of rotatable bonds is 13. The number of carbonyl (C=O) groups excluding carboxylic acids is 2. The maximum atomic E-state index is 12.8. The average Bonchev–Trinajstić information content (AvgIpc) is 2.84. The molecule has 0 aliphatic rings. The van der Waals surface area contributed by atoms with Gasteiger partial charge in [-0.15, -0.1) is 0 Å². The number of carbonyl (C=O) groups is 2. The molecule has 2 aromatic carbocycles. The van der Waals surface area contributed by atoms with E-state index in [2.05, 4.69) is 34.6 Å². The van der Waals surface area contributed by atoms with E-state index in [9.17, 15) is 9.59 Å². The van der Waals surface area contributed by atoms with Crippen LogP contribution in [-0.2, 0) is 9.59 Å². The molecule has 0 spiro atoms. The Balaban J connectivity index is 2.01. The van der Waals surface area contributed by atoms with Crippen LogP contribution in [0.5, 0.6) is 11.5 Å². The molecule has 0 fully saturated rings. The van der Waals surface area contributed by atoms with Crippen molar-refractivity contribution >= 4 is 23.7 Å². The van der Waals surface area contributed by atoms with Crippen molar-refractivity contribution in [3.05, 3.63) is 53.6 Å². The fourth-order valence-corrected chi connectivity index (χ4v) is 3.64. The van der Waals surface area contributed by atoms with Crippen molar-refractivity contribution in [1.29, 1.82) is 0 Å². The third-order valence-electron chi connectivity index (χ3n) is 5.54. The molecule has 1 atom stereocenters. The number of hydrazone groups is 1. The van der Waals surface area contributed by atoms with Gasteiger partial charge in [-0.1, -0.05) is 32.0 Å². The Hall–Kier alpha value is -3.55. The van der Waals surface area contributed by atoms with Crippen molar-refractivity contribution < 1.29 is 19.1 Å². The summed E-state index contributed by atoms with van der Waals surface area (Å²) in [6.07, 6.45) is 2.01. The molecule has 0 aromatic heterocycles. The molecule has 2 N–H and O–H groups in total. The van der Waals surface area contributed by atoms with E-state index in [4.69, 9.17) is 9.47 Å². The van der Waals surface area contributed by atoms with Crippen molar-refractivity contribution in [2.75, 3.05) is 31.7 Å². The van der Waals surface area contributed by atoms with Gasteiger partial charge < -0.3 is 19.7 Å². The monoisotopic (exact) mass is 482 g/mol. The predicted octanol–water partition coefficient (Wildman–Crippen LogP) is 3.91. The quantitative estimate of drug-likeness (QED) is 0.334. The molecule has 0 aliphatic heterocycles. The topological polar surface area (TPSA) is 92.3 Å². The van der Waals surface area contributed by atoms with Gasteiger partial charge in [0.25, 0.3) is 11.8 Å². The molecule has 0 unspecified atom stereocenters. The van der Waals surface area contributed by atoms with Gasteiger partial charge in [0.1, 0.15) is 17.5 Å². The lowest BCUT2D eigenvalue weighted by Gasteiger charge is -2.22. The van der Waals surface area contributed by atoms with Crippen molar-refractivity contribution in [3.63, 3.8) is 0 Å². The number of anilines is 1. The lowest BCUT2D eigenvalue weighted by molar-refractivity contribution is -0.130. The van der Waals surface area contributed by atoms with Crippen molar-refractivity contribution in [3.8, 4) is 11.5 Å². The van der Waals surface area contributed by atoms with E-state index in [0.29, 0.717) is 17.9 Å². The second-order valence-electron chi connectivity index (χ2n) is 8.64. The van der Waals surface area contributed by atoms with Crippen LogP contribution in [0.3, 0.4) is 0 Å². The van der Waals surface area contributed by atoms with Gasteiger partial charge in [0.15, 0.2) is 6.61 Å². The second-order valence-corrected chi connectivity index (χ2v) is 8.64. The van der Waals surface area contributed by atoms with Crippen LogP contribution in [0.15, 0.2) is 47.6 Å². The Bertz CT molecular complexity index is 1000. The predicted molar refractivity (Wildman–Crippen MR) is 140 cm³/mol. The van der Waals surface area contributed by atoms with Gasteiger partial charge in [0.2, 0.25) is 0 Å². The number of nitrogens with zero attached hydrogens (tertiary/aromatic N) is 2. The van der Waals surface area contributed by atoms with Gasteiger partial charge in [-0.3, -0.25) is 9.59 Å². The highest BCUT2D eigenvalue weighted by atomic mass is 16.5. The molecule has 0 radical (unpaired) electrons. The Morgan fingerprint density at radius 3 is 2.43 bits per heavy atom. The summed E-state index contributed by atoms with van der Waals surface area (Å²) in [7, 11) is 1.60. The van der Waals surface area contributed by atoms with Crippen LogP contribution in [0.25, 0.3) is 0 Å². The van der Waals surface area contributed by atoms with Crippen LogP contribution in [0, 0.1) is 12.8 Å². The number of hydrogen-bond acceptors (Lipinski definition) is 6. The summed E-state index contributed by atoms with van der Waals surface area (Å²) in [5, 5.41) is 6.87. The molecule has 35 heavy (non-hydrogen) atoms. The largest absolute Gasteiger partial charge is 0.496 e. The lowest BCUT2D eigenvalue weighted by Crippen LogP contribution is -2.47. The summed E-state index contributed by atoms with van der Waals surface area (Å²) in [5.74, 6) is 0.732. The SMILES string of the molecule is CCN(CC)c1ccc(/C=N\NC(=O)[C@H](CC(C)C)NC(=O)COc2ccccc2C)c(OC)c1. The molecule has 190 valence electrons. The number of aryl methyl sites for hydroxylation is 1. The number of para-hydroxylation sites is 1. The Morgan fingerprint density at radius 2 is 1.80 bits per heavy atom. The van der Waals surface area contributed by atoms with E-state index in [0.717, 1.165) is 29.9 Å². The first kappa shape index (κ1) is 27.7. The first-order valence-electron chi connectivity index (χ1n) is 12.0. The Morgan fingerprint density at radius 1 is 1.09 bits per heavy atom. The minimum atomic E-state index is -0.730. The van der Waals surface area contributed by atoms with E-state index in [1.807, 2.05) is 57.2 Å². The Labute approximate surface area is 208 Å². The molecule has 0 saturated carbocycles. The first-order chi connectivity index (χ1) is 16.8. The number of ether oxygens (including phenoxy) is 2. The Kier molecular flexibility index (Phi) is 11.1. The first-order valence-corrected chi connectivity index (χ1v) is 12.0. The summed E-state index contributed by atoms with van der Waals surface area (Å²) < 4.78 is 11.1. The van der Waals surface area contributed by atoms with Gasteiger partial charge >= 0.3 is 0 Å². The average molecular weight is 483 g/mol. The zero-order valence-corrected chi connectivity index (χ0v) is 21.6. The van der Waals surface area contributed by atoms with Gasteiger partial charge in [-0.2, -0.15) is 5.10 Å². The molecule has 0 heterocycles. The molecular formula is C27H38N4O4. The van der Waals surface area contributed by atoms with Crippen molar-refractivity contribution in [1.82, 2.24) is 10.7 Å². The number of hydrogen-bond donors (Lipinski definition) is 2. The standard InChI is InChI=1S/C27H38N4O4/c1-7-31(8-2)22-14-13-21(25(16-22)34-6)17-28-30-27(33)23(15-19(3)4)29-26(32)18-35-24-12-10-9-11-20(24)5/h9-14,16-17,19,23H,7-8,15,18H2,1-6H3,(H,29,32)(H,30,33)/b28-17-/t23-/m0/s1. The van der Waals surface area contributed by atoms with E-state index < -0.39 is 11.9 Å². The minimum Gasteiger partial charge on any atom is -0.496 e. The maximum Gasteiger partial charge on any atom is 0.262 e. The molecule has 2 rings (SSSR count). The summed E-state index contributed by atoms with van der Waals surface area (Å²) in [6.45, 7) is 11.7. The normalized spacial score (nSPS) is 11.9. The summed E-state index contributed by atoms with van der Waals surface area (Å²) in [6, 6.07) is 12.6. The minimum absolute atomic E-state index is 0.175. The summed E-state index contributed by atoms with van der Waals surface area (Å²) >= 11 is 0. The smallest absolute Gasteiger partial charge is 0.262 e. The third-order valence-corrected chi connectivity index (χ3v) is 5.54. The number of amides is 2. The molecule has 2 amide bonds. The van der Waals surface area contributed by atoms with E-state index in [-0.39, 0.29) is 18.4 Å². The highest BCUT2D eigenvalue weighted by Gasteiger charge is 2.22. The van der Waals surface area contributed by atoms with Crippen LogP contribution in [0.4, 0.5) is 5.69 Å². The molecule has 0 bridgehead atoms. The third kappa shape index (κ3) is 8.63. The molecular weight excluding hydrogens is 444 g/mol. The lowest BCUT2D eigenvalue weighted by atomic mass is 10.0. The van der Waals surface area contributed by atoms with Gasteiger partial charge in [-0.25, -0.2) is 5.43 Å². The number of benzene rings is 2. The van der Waals surface area contributed by atoms with Crippen LogP contribution in [0.2, 0.25) is 0 Å². The molecule has 8 nitrogen and oxygen atoms in total. The van der Waals surface area contributed by atoms with Crippen molar-refractivity contribution in [2.24, 2.45) is 11.0 Å². The molecule has 8 heteroatoms. The highest BCUT2D eigenvalue weighted by molar-refractivity contribution is 5.90. The van der Waals surface area contributed by atoms with Crippen LogP contribution in [0.1, 0.15) is 45.2 Å². The zero-order valence-electron chi connectivity index (χ0n) is 21.6. The van der Waals surface area contributed by atoms with Crippen molar-refractivity contribution in [2.45, 2.75) is 47.1 Å². The number of nitrogens with one attached hydrogen (secondary N) is 2. The number of methoxy groups -OCH3 is 1. The maximum absolute atomic E-state index is 12.8. The van der Waals surface area contributed by atoms with Gasteiger partial charge in [0, 0.05) is 30.4 Å². The second kappa shape index (κ2) is 14.0. The van der Waals surface area contributed by atoms with Crippen LogP contribution >= 0.6 is 0 Å². The van der Waals surface area contributed by atoms with Crippen LogP contribution < -0.4 is 25.1 Å². The van der Waals surface area contributed by atoms with E-state index in [1.54, 1.807) is 13.2 Å². The van der Waals surface area contributed by atoms with Gasteiger partial charge in [0.05, 0.1) is 13.3 Å².